The van der Waals surface area contributed by atoms with Gasteiger partial charge in [0.05, 0.1) is 6.07 Å². The van der Waals surface area contributed by atoms with Gasteiger partial charge < -0.3 is 10.2 Å². The van der Waals surface area contributed by atoms with E-state index in [0.717, 1.165) is 24.1 Å². The minimum Gasteiger partial charge on any atom is -0.342 e. The lowest BCUT2D eigenvalue weighted by Crippen LogP contribution is -2.33. The summed E-state index contributed by atoms with van der Waals surface area (Å²) >= 11 is 0. The highest BCUT2D eigenvalue weighted by Crippen LogP contribution is 2.17. The number of carbonyl (C=O) groups is 2. The predicted octanol–water partition coefficient (Wildman–Crippen LogP) is 1.69. The molecule has 21 heavy (non-hydrogen) atoms. The van der Waals surface area contributed by atoms with E-state index < -0.39 is 6.04 Å². The molecule has 0 saturated carbocycles. The van der Waals surface area contributed by atoms with Gasteiger partial charge in [0.1, 0.15) is 6.04 Å². The smallest absolute Gasteiger partial charge is 0.223 e. The molecule has 1 fully saturated rings. The number of nitrogens with zero attached hydrogens (tertiary/aromatic N) is 2. The lowest BCUT2D eigenvalue weighted by atomic mass is 10.0. The molecular formula is C16H19N3O2. The lowest BCUT2D eigenvalue weighted by molar-refractivity contribution is -0.128. The minimum atomic E-state index is -0.645. The molecule has 1 atom stereocenters. The first kappa shape index (κ1) is 15.0. The Morgan fingerprint density at radius 1 is 1.48 bits per heavy atom. The number of nitriles is 1. The van der Waals surface area contributed by atoms with Gasteiger partial charge >= 0.3 is 0 Å². The SMILES string of the molecule is Cc1ccccc1C(C#N)NC(=O)CCN1CCCC1=O. The highest BCUT2D eigenvalue weighted by atomic mass is 16.2. The Balaban J connectivity index is 1.90. The van der Waals surface area contributed by atoms with Gasteiger partial charge in [0.15, 0.2) is 0 Å². The van der Waals surface area contributed by atoms with E-state index in [1.54, 1.807) is 4.90 Å². The highest BCUT2D eigenvalue weighted by molar-refractivity contribution is 5.80. The van der Waals surface area contributed by atoms with E-state index in [1.807, 2.05) is 31.2 Å². The average molecular weight is 285 g/mol. The molecule has 0 bridgehead atoms. The molecule has 1 unspecified atom stereocenters. The van der Waals surface area contributed by atoms with Crippen LogP contribution in [0.3, 0.4) is 0 Å². The van der Waals surface area contributed by atoms with Crippen LogP contribution >= 0.6 is 0 Å². The Kier molecular flexibility index (Phi) is 4.94. The van der Waals surface area contributed by atoms with Crippen molar-refractivity contribution in [1.29, 1.82) is 5.26 Å². The Morgan fingerprint density at radius 2 is 2.24 bits per heavy atom. The Hall–Kier alpha value is -2.35. The summed E-state index contributed by atoms with van der Waals surface area (Å²) in [6, 6.07) is 8.97. The number of amides is 2. The first-order valence-electron chi connectivity index (χ1n) is 7.14. The van der Waals surface area contributed by atoms with Crippen molar-refractivity contribution < 1.29 is 9.59 Å². The molecule has 2 rings (SSSR count). The van der Waals surface area contributed by atoms with E-state index in [0.29, 0.717) is 13.0 Å². The van der Waals surface area contributed by atoms with Gasteiger partial charge in [-0.1, -0.05) is 24.3 Å². The molecule has 1 aromatic carbocycles. The summed E-state index contributed by atoms with van der Waals surface area (Å²) in [5.41, 5.74) is 1.78. The van der Waals surface area contributed by atoms with Crippen molar-refractivity contribution in [3.05, 3.63) is 35.4 Å². The molecule has 1 N–H and O–H groups in total. The van der Waals surface area contributed by atoms with Crippen molar-refractivity contribution in [2.24, 2.45) is 0 Å². The summed E-state index contributed by atoms with van der Waals surface area (Å²) in [5, 5.41) is 12.0. The second-order valence-corrected chi connectivity index (χ2v) is 5.22. The molecule has 0 aromatic heterocycles. The van der Waals surface area contributed by atoms with Crippen molar-refractivity contribution >= 4 is 11.8 Å². The zero-order valence-corrected chi connectivity index (χ0v) is 12.1. The predicted molar refractivity (Wildman–Crippen MR) is 78.1 cm³/mol. The Bertz CT molecular complexity index is 577. The van der Waals surface area contributed by atoms with Crippen LogP contribution < -0.4 is 5.32 Å². The van der Waals surface area contributed by atoms with Gasteiger partial charge in [-0.25, -0.2) is 0 Å². The van der Waals surface area contributed by atoms with Crippen molar-refractivity contribution in [1.82, 2.24) is 10.2 Å². The lowest BCUT2D eigenvalue weighted by Gasteiger charge is -2.17. The van der Waals surface area contributed by atoms with E-state index in [1.165, 1.54) is 0 Å². The molecule has 1 heterocycles. The van der Waals surface area contributed by atoms with Crippen LogP contribution in [0.25, 0.3) is 0 Å². The summed E-state index contributed by atoms with van der Waals surface area (Å²) in [6.07, 6.45) is 1.67. The third kappa shape index (κ3) is 3.82. The average Bonchev–Trinajstić information content (AvgIpc) is 2.89. The maximum absolute atomic E-state index is 12.0. The number of hydrogen-bond acceptors (Lipinski definition) is 3. The van der Waals surface area contributed by atoms with Gasteiger partial charge in [-0.05, 0) is 24.5 Å². The summed E-state index contributed by atoms with van der Waals surface area (Å²) in [5.74, 6) is -0.0944. The fourth-order valence-corrected chi connectivity index (χ4v) is 2.50. The van der Waals surface area contributed by atoms with Crippen molar-refractivity contribution in [2.45, 2.75) is 32.2 Å². The van der Waals surface area contributed by atoms with Crippen molar-refractivity contribution in [3.8, 4) is 6.07 Å². The fraction of sp³-hybridized carbons (Fsp3) is 0.438. The van der Waals surface area contributed by atoms with E-state index in [2.05, 4.69) is 11.4 Å². The number of benzene rings is 1. The number of hydrogen-bond donors (Lipinski definition) is 1. The summed E-state index contributed by atoms with van der Waals surface area (Å²) < 4.78 is 0. The van der Waals surface area contributed by atoms with Crippen molar-refractivity contribution in [2.75, 3.05) is 13.1 Å². The van der Waals surface area contributed by atoms with Crippen LogP contribution in [-0.2, 0) is 9.59 Å². The van der Waals surface area contributed by atoms with Gasteiger partial charge in [-0.15, -0.1) is 0 Å². The van der Waals surface area contributed by atoms with Gasteiger partial charge in [0, 0.05) is 25.9 Å². The maximum atomic E-state index is 12.0. The van der Waals surface area contributed by atoms with Crippen LogP contribution in [0.2, 0.25) is 0 Å². The van der Waals surface area contributed by atoms with E-state index >= 15 is 0 Å². The van der Waals surface area contributed by atoms with Crippen LogP contribution in [0.5, 0.6) is 0 Å². The van der Waals surface area contributed by atoms with Crippen LogP contribution in [-0.4, -0.2) is 29.8 Å². The van der Waals surface area contributed by atoms with Crippen LogP contribution in [0.1, 0.15) is 36.4 Å². The molecule has 0 spiro atoms. The quantitative estimate of drug-likeness (QED) is 0.894. The zero-order chi connectivity index (χ0) is 15.2. The Morgan fingerprint density at radius 3 is 2.86 bits per heavy atom. The fourth-order valence-electron chi connectivity index (χ4n) is 2.50. The maximum Gasteiger partial charge on any atom is 0.223 e. The standard InChI is InChI=1S/C16H19N3O2/c1-12-5-2-3-6-13(12)14(11-17)18-15(20)8-10-19-9-4-7-16(19)21/h2-3,5-6,14H,4,7-10H2,1H3,(H,18,20). The zero-order valence-electron chi connectivity index (χ0n) is 12.1. The number of rotatable bonds is 5. The monoisotopic (exact) mass is 285 g/mol. The number of nitrogens with one attached hydrogen (secondary N) is 1. The second-order valence-electron chi connectivity index (χ2n) is 5.22. The molecule has 1 aliphatic rings. The van der Waals surface area contributed by atoms with Crippen LogP contribution in [0, 0.1) is 18.3 Å². The molecule has 1 aliphatic heterocycles. The third-order valence-corrected chi connectivity index (χ3v) is 3.71. The normalized spacial score (nSPS) is 15.6. The summed E-state index contributed by atoms with van der Waals surface area (Å²) in [7, 11) is 0. The van der Waals surface area contributed by atoms with E-state index in [4.69, 9.17) is 0 Å². The Labute approximate surface area is 124 Å². The highest BCUT2D eigenvalue weighted by Gasteiger charge is 2.21. The molecule has 2 amide bonds. The third-order valence-electron chi connectivity index (χ3n) is 3.71. The number of carbonyl (C=O) groups excluding carboxylic acids is 2. The molecule has 5 nitrogen and oxygen atoms in total. The second kappa shape index (κ2) is 6.89. The van der Waals surface area contributed by atoms with E-state index in [-0.39, 0.29) is 18.2 Å². The first-order valence-corrected chi connectivity index (χ1v) is 7.14. The molecule has 5 heteroatoms. The van der Waals surface area contributed by atoms with Crippen LogP contribution in [0.15, 0.2) is 24.3 Å². The number of aryl methyl sites for hydroxylation is 1. The molecule has 0 aliphatic carbocycles. The largest absolute Gasteiger partial charge is 0.342 e. The van der Waals surface area contributed by atoms with Gasteiger partial charge in [-0.2, -0.15) is 5.26 Å². The molecule has 0 radical (unpaired) electrons. The first-order chi connectivity index (χ1) is 10.1. The molecular weight excluding hydrogens is 266 g/mol. The van der Waals surface area contributed by atoms with Gasteiger partial charge in [0.2, 0.25) is 11.8 Å². The number of likely N-dealkylation sites (tertiary alicyclic amines) is 1. The van der Waals surface area contributed by atoms with Gasteiger partial charge in [0.25, 0.3) is 0 Å². The van der Waals surface area contributed by atoms with Crippen LogP contribution in [0.4, 0.5) is 0 Å². The van der Waals surface area contributed by atoms with Crippen molar-refractivity contribution in [3.63, 3.8) is 0 Å². The van der Waals surface area contributed by atoms with E-state index in [9.17, 15) is 14.9 Å². The summed E-state index contributed by atoms with van der Waals surface area (Å²) in [6.45, 7) is 3.07. The van der Waals surface area contributed by atoms with Gasteiger partial charge in [-0.3, -0.25) is 9.59 Å². The minimum absolute atomic E-state index is 0.110. The molecule has 1 saturated heterocycles. The molecule has 110 valence electrons. The molecule has 1 aromatic rings. The summed E-state index contributed by atoms with van der Waals surface area (Å²) in [4.78, 5) is 25.1. The topological polar surface area (TPSA) is 73.2 Å².